The molecule has 10 heteroatoms. The Bertz CT molecular complexity index is 781. The highest BCUT2D eigenvalue weighted by atomic mass is 35.5. The topological polar surface area (TPSA) is 85.1 Å². The summed E-state index contributed by atoms with van der Waals surface area (Å²) in [6.07, 6.45) is -1.18. The van der Waals surface area contributed by atoms with Crippen LogP contribution in [0.4, 0.5) is 36.2 Å². The normalized spacial score (nSPS) is 17.3. The van der Waals surface area contributed by atoms with E-state index in [-0.39, 0.29) is 28.3 Å². The molecule has 0 bridgehead atoms. The Morgan fingerprint density at radius 3 is 2.73 bits per heavy atom. The van der Waals surface area contributed by atoms with Gasteiger partial charge < -0.3 is 21.1 Å². The minimum atomic E-state index is -4.48. The molecule has 26 heavy (non-hydrogen) atoms. The highest BCUT2D eigenvalue weighted by Gasteiger charge is 2.31. The third-order valence-electron chi connectivity index (χ3n) is 3.95. The predicted molar refractivity (Wildman–Crippen MR) is 93.6 cm³/mol. The molecule has 2 heterocycles. The van der Waals surface area contributed by atoms with Crippen molar-refractivity contribution in [3.05, 3.63) is 35.1 Å². The van der Waals surface area contributed by atoms with Crippen molar-refractivity contribution in [2.45, 2.75) is 25.1 Å². The van der Waals surface area contributed by atoms with Gasteiger partial charge in [0.05, 0.1) is 22.4 Å². The van der Waals surface area contributed by atoms with Gasteiger partial charge in [-0.3, -0.25) is 0 Å². The number of rotatable bonds is 5. The molecule has 0 aliphatic carbocycles. The molecule has 1 atom stereocenters. The van der Waals surface area contributed by atoms with E-state index in [0.717, 1.165) is 31.6 Å². The molecule has 1 aliphatic heterocycles. The van der Waals surface area contributed by atoms with E-state index >= 15 is 0 Å². The van der Waals surface area contributed by atoms with Gasteiger partial charge >= 0.3 is 6.18 Å². The van der Waals surface area contributed by atoms with E-state index in [1.165, 1.54) is 12.4 Å². The summed E-state index contributed by atoms with van der Waals surface area (Å²) in [5, 5.41) is 5.93. The van der Waals surface area contributed by atoms with Gasteiger partial charge in [0, 0.05) is 13.2 Å². The number of anilines is 4. The van der Waals surface area contributed by atoms with Gasteiger partial charge in [0.1, 0.15) is 12.0 Å². The van der Waals surface area contributed by atoms with Crippen molar-refractivity contribution in [3.63, 3.8) is 0 Å². The summed E-state index contributed by atoms with van der Waals surface area (Å²) in [7, 11) is 0. The molecule has 3 rings (SSSR count). The van der Waals surface area contributed by atoms with Crippen molar-refractivity contribution in [2.24, 2.45) is 0 Å². The van der Waals surface area contributed by atoms with Crippen LogP contribution in [0.25, 0.3) is 0 Å². The van der Waals surface area contributed by atoms with Crippen molar-refractivity contribution in [1.82, 2.24) is 9.97 Å². The highest BCUT2D eigenvalue weighted by Crippen LogP contribution is 2.36. The predicted octanol–water partition coefficient (Wildman–Crippen LogP) is 4.07. The highest BCUT2D eigenvalue weighted by molar-refractivity contribution is 6.33. The van der Waals surface area contributed by atoms with Crippen molar-refractivity contribution < 1.29 is 17.9 Å². The Morgan fingerprint density at radius 1 is 1.27 bits per heavy atom. The van der Waals surface area contributed by atoms with Gasteiger partial charge in [-0.05, 0) is 31.0 Å². The molecule has 0 spiro atoms. The number of halogens is 4. The first-order chi connectivity index (χ1) is 12.3. The van der Waals surface area contributed by atoms with Crippen LogP contribution in [-0.4, -0.2) is 29.2 Å². The first-order valence-electron chi connectivity index (χ1n) is 7.94. The summed E-state index contributed by atoms with van der Waals surface area (Å²) in [5.74, 6) is 0.539. The van der Waals surface area contributed by atoms with Crippen LogP contribution in [-0.2, 0) is 10.9 Å². The number of alkyl halides is 3. The average Bonchev–Trinajstić information content (AvgIpc) is 3.10. The molecule has 1 aromatic heterocycles. The molecule has 1 saturated heterocycles. The number of nitrogens with zero attached hydrogens (tertiary/aromatic N) is 2. The monoisotopic (exact) mass is 387 g/mol. The van der Waals surface area contributed by atoms with E-state index in [4.69, 9.17) is 22.1 Å². The molecule has 6 nitrogen and oxygen atoms in total. The summed E-state index contributed by atoms with van der Waals surface area (Å²) >= 11 is 5.99. The van der Waals surface area contributed by atoms with Gasteiger partial charge in [0.2, 0.25) is 0 Å². The van der Waals surface area contributed by atoms with Crippen LogP contribution < -0.4 is 16.4 Å². The zero-order valence-electron chi connectivity index (χ0n) is 13.6. The van der Waals surface area contributed by atoms with Crippen molar-refractivity contribution in [1.29, 1.82) is 0 Å². The van der Waals surface area contributed by atoms with Crippen LogP contribution in [0.2, 0.25) is 5.02 Å². The largest absolute Gasteiger partial charge is 0.416 e. The molecule has 4 N–H and O–H groups in total. The lowest BCUT2D eigenvalue weighted by Crippen LogP contribution is -2.20. The third kappa shape index (κ3) is 4.28. The summed E-state index contributed by atoms with van der Waals surface area (Å²) in [5.41, 5.74) is 5.44. The lowest BCUT2D eigenvalue weighted by molar-refractivity contribution is -0.137. The quantitative estimate of drug-likeness (QED) is 0.717. The lowest BCUT2D eigenvalue weighted by Gasteiger charge is -2.16. The molecule has 140 valence electrons. The fraction of sp³-hybridized carbons (Fsp3) is 0.375. The zero-order chi connectivity index (χ0) is 18.7. The summed E-state index contributed by atoms with van der Waals surface area (Å²) < 4.78 is 44.2. The lowest BCUT2D eigenvalue weighted by atomic mass is 10.2. The van der Waals surface area contributed by atoms with Crippen molar-refractivity contribution in [2.75, 3.05) is 29.5 Å². The van der Waals surface area contributed by atoms with Crippen LogP contribution in [0, 0.1) is 0 Å². The van der Waals surface area contributed by atoms with E-state index in [1.54, 1.807) is 0 Å². The van der Waals surface area contributed by atoms with E-state index in [9.17, 15) is 13.2 Å². The van der Waals surface area contributed by atoms with Crippen LogP contribution >= 0.6 is 11.6 Å². The molecule has 1 unspecified atom stereocenters. The second-order valence-corrected chi connectivity index (χ2v) is 6.23. The Balaban J connectivity index is 1.78. The number of aromatic nitrogens is 2. The Morgan fingerprint density at radius 2 is 2.04 bits per heavy atom. The van der Waals surface area contributed by atoms with Crippen LogP contribution in [0.15, 0.2) is 24.5 Å². The van der Waals surface area contributed by atoms with Gasteiger partial charge in [0.15, 0.2) is 11.6 Å². The first kappa shape index (κ1) is 18.5. The SMILES string of the molecule is Nc1c(NCC2CCCO2)ncnc1Nc1cc(C(F)(F)F)ccc1Cl. The molecule has 0 radical (unpaired) electrons. The second kappa shape index (κ2) is 7.55. The van der Waals surface area contributed by atoms with Crippen molar-refractivity contribution in [3.8, 4) is 0 Å². The summed E-state index contributed by atoms with van der Waals surface area (Å²) in [6.45, 7) is 1.26. The van der Waals surface area contributed by atoms with E-state index in [2.05, 4.69) is 20.6 Å². The molecule has 1 aliphatic rings. The standard InChI is InChI=1S/C16H17ClF3N5O/c17-11-4-3-9(16(18,19)20)6-12(11)25-15-13(21)14(23-8-24-15)22-7-10-2-1-5-26-10/h3-4,6,8,10H,1-2,5,7,21H2,(H2,22,23,24,25). The molecule has 0 amide bonds. The van der Waals surface area contributed by atoms with Gasteiger partial charge in [0.25, 0.3) is 0 Å². The summed E-state index contributed by atoms with van der Waals surface area (Å²) in [6, 6.07) is 2.98. The van der Waals surface area contributed by atoms with Gasteiger partial charge in [-0.15, -0.1) is 0 Å². The van der Waals surface area contributed by atoms with E-state index in [1.807, 2.05) is 0 Å². The zero-order valence-corrected chi connectivity index (χ0v) is 14.4. The van der Waals surface area contributed by atoms with Gasteiger partial charge in [-0.25, -0.2) is 9.97 Å². The maximum Gasteiger partial charge on any atom is 0.416 e. The van der Waals surface area contributed by atoms with Crippen LogP contribution in [0.5, 0.6) is 0 Å². The number of ether oxygens (including phenoxy) is 1. The fourth-order valence-electron chi connectivity index (χ4n) is 2.58. The minimum absolute atomic E-state index is 0.0527. The molecule has 2 aromatic rings. The van der Waals surface area contributed by atoms with E-state index in [0.29, 0.717) is 12.4 Å². The number of nitrogens with one attached hydrogen (secondary N) is 2. The van der Waals surface area contributed by atoms with Crippen molar-refractivity contribution >= 4 is 34.6 Å². The number of nitrogen functional groups attached to an aromatic ring is 1. The molecule has 1 aromatic carbocycles. The van der Waals surface area contributed by atoms with Gasteiger partial charge in [-0.1, -0.05) is 11.6 Å². The molecular formula is C16H17ClF3N5O. The number of hydrogen-bond acceptors (Lipinski definition) is 6. The Kier molecular flexibility index (Phi) is 5.38. The minimum Gasteiger partial charge on any atom is -0.393 e. The van der Waals surface area contributed by atoms with E-state index < -0.39 is 11.7 Å². The van der Waals surface area contributed by atoms with Crippen LogP contribution in [0.1, 0.15) is 18.4 Å². The average molecular weight is 388 g/mol. The maximum atomic E-state index is 12.9. The second-order valence-electron chi connectivity index (χ2n) is 5.82. The summed E-state index contributed by atoms with van der Waals surface area (Å²) in [4.78, 5) is 8.05. The fourth-order valence-corrected chi connectivity index (χ4v) is 2.74. The first-order valence-corrected chi connectivity index (χ1v) is 8.32. The third-order valence-corrected chi connectivity index (χ3v) is 4.28. The van der Waals surface area contributed by atoms with Crippen LogP contribution in [0.3, 0.4) is 0 Å². The Labute approximate surface area is 152 Å². The number of benzene rings is 1. The smallest absolute Gasteiger partial charge is 0.393 e. The van der Waals surface area contributed by atoms with Gasteiger partial charge in [-0.2, -0.15) is 13.2 Å². The molecule has 0 saturated carbocycles. The Hall–Kier alpha value is -2.26. The number of nitrogens with two attached hydrogens (primary N) is 1. The maximum absolute atomic E-state index is 12.9. The molecule has 1 fully saturated rings. The molecular weight excluding hydrogens is 371 g/mol. The number of hydrogen-bond donors (Lipinski definition) is 3.